The van der Waals surface area contributed by atoms with E-state index in [4.69, 9.17) is 0 Å². The van der Waals surface area contributed by atoms with Crippen LogP contribution in [0.1, 0.15) is 28.8 Å². The Kier molecular flexibility index (Phi) is 2.44. The Hall–Kier alpha value is -1.77. The zero-order valence-electron chi connectivity index (χ0n) is 10.7. The average Bonchev–Trinajstić information content (AvgIpc) is 2.65. The van der Waals surface area contributed by atoms with Crippen LogP contribution in [0.15, 0.2) is 12.1 Å². The van der Waals surface area contributed by atoms with Crippen LogP contribution >= 0.6 is 0 Å². The number of hydrogen-bond acceptors (Lipinski definition) is 1. The summed E-state index contributed by atoms with van der Waals surface area (Å²) in [4.78, 5) is 14.6. The third-order valence-corrected chi connectivity index (χ3v) is 3.97. The number of nitrogens with one attached hydrogen (secondary N) is 1. The normalized spacial score (nSPS) is 18.9. The van der Waals surface area contributed by atoms with Crippen molar-refractivity contribution in [1.29, 1.82) is 0 Å². The number of carbonyl (C=O) groups is 1. The second-order valence-corrected chi connectivity index (χ2v) is 5.36. The van der Waals surface area contributed by atoms with Gasteiger partial charge >= 0.3 is 5.97 Å². The van der Waals surface area contributed by atoms with Crippen LogP contribution in [0.4, 0.5) is 0 Å². The van der Waals surface area contributed by atoms with E-state index in [0.717, 1.165) is 18.4 Å². The van der Waals surface area contributed by atoms with Gasteiger partial charge in [-0.15, -0.1) is 0 Å². The highest BCUT2D eigenvalue weighted by Gasteiger charge is 2.27. The van der Waals surface area contributed by atoms with Gasteiger partial charge in [-0.05, 0) is 55.9 Å². The van der Waals surface area contributed by atoms with Crippen LogP contribution in [0.25, 0.3) is 10.9 Å². The number of H-pyrrole nitrogens is 1. The molecule has 2 aromatic rings. The lowest BCUT2D eigenvalue weighted by Gasteiger charge is -2.18. The Balaban J connectivity index is 2.18. The van der Waals surface area contributed by atoms with Gasteiger partial charge in [0.05, 0.1) is 5.92 Å². The van der Waals surface area contributed by atoms with E-state index in [1.54, 1.807) is 0 Å². The molecule has 1 unspecified atom stereocenters. The molecule has 94 valence electrons. The summed E-state index contributed by atoms with van der Waals surface area (Å²) in [6.45, 7) is 4.19. The van der Waals surface area contributed by atoms with Crippen molar-refractivity contribution < 1.29 is 9.90 Å². The maximum Gasteiger partial charge on any atom is 0.306 e. The molecule has 0 spiro atoms. The third kappa shape index (κ3) is 1.62. The maximum absolute atomic E-state index is 11.2. The molecule has 1 atom stereocenters. The molecule has 1 aliphatic carbocycles. The van der Waals surface area contributed by atoms with Gasteiger partial charge in [0.25, 0.3) is 0 Å². The van der Waals surface area contributed by atoms with Gasteiger partial charge in [0.1, 0.15) is 0 Å². The first-order chi connectivity index (χ1) is 8.56. The number of carboxylic acid groups (broad SMARTS) is 1. The highest BCUT2D eigenvalue weighted by molar-refractivity contribution is 5.89. The van der Waals surface area contributed by atoms with Gasteiger partial charge in [0.2, 0.25) is 0 Å². The van der Waals surface area contributed by atoms with Crippen molar-refractivity contribution in [2.75, 3.05) is 0 Å². The fourth-order valence-electron chi connectivity index (χ4n) is 3.17. The van der Waals surface area contributed by atoms with Gasteiger partial charge in [0, 0.05) is 16.6 Å². The number of rotatable bonds is 1. The maximum atomic E-state index is 11.2. The minimum atomic E-state index is -0.667. The molecule has 3 rings (SSSR count). The first-order valence-corrected chi connectivity index (χ1v) is 6.39. The van der Waals surface area contributed by atoms with Gasteiger partial charge in [-0.3, -0.25) is 4.79 Å². The van der Waals surface area contributed by atoms with Crippen LogP contribution in [-0.4, -0.2) is 16.1 Å². The van der Waals surface area contributed by atoms with Crippen molar-refractivity contribution in [3.05, 3.63) is 34.5 Å². The number of carboxylic acids is 1. The smallest absolute Gasteiger partial charge is 0.306 e. The van der Waals surface area contributed by atoms with Crippen molar-refractivity contribution in [3.8, 4) is 0 Å². The molecule has 1 aromatic carbocycles. The van der Waals surface area contributed by atoms with Crippen molar-refractivity contribution in [2.45, 2.75) is 33.1 Å². The number of aliphatic carboxylic acids is 1. The molecular formula is C15H17NO2. The monoisotopic (exact) mass is 243 g/mol. The molecule has 1 aliphatic rings. The molecule has 18 heavy (non-hydrogen) atoms. The summed E-state index contributed by atoms with van der Waals surface area (Å²) >= 11 is 0. The molecular weight excluding hydrogens is 226 g/mol. The Morgan fingerprint density at radius 1 is 1.39 bits per heavy atom. The summed E-state index contributed by atoms with van der Waals surface area (Å²) in [6.07, 6.45) is 2.25. The second kappa shape index (κ2) is 3.87. The summed E-state index contributed by atoms with van der Waals surface area (Å²) in [5.41, 5.74) is 6.10. The molecule has 2 N–H and O–H groups in total. The van der Waals surface area contributed by atoms with Crippen LogP contribution in [-0.2, 0) is 17.6 Å². The summed E-state index contributed by atoms with van der Waals surface area (Å²) < 4.78 is 0. The fourth-order valence-corrected chi connectivity index (χ4v) is 3.17. The van der Waals surface area contributed by atoms with Crippen molar-refractivity contribution in [2.24, 2.45) is 5.92 Å². The fraction of sp³-hybridized carbons (Fsp3) is 0.400. The van der Waals surface area contributed by atoms with E-state index in [1.165, 1.54) is 27.8 Å². The summed E-state index contributed by atoms with van der Waals surface area (Å²) in [6, 6.07) is 4.32. The number of hydrogen-bond donors (Lipinski definition) is 2. The number of aromatic nitrogens is 1. The standard InChI is InChI=1S/C15H17NO2/c1-8-5-9(2)14-11-7-10(15(17)18)3-4-12(11)16-13(14)6-8/h5-6,10,16H,3-4,7H2,1-2H3,(H,17,18). The van der Waals surface area contributed by atoms with Gasteiger partial charge in [-0.1, -0.05) is 6.07 Å². The van der Waals surface area contributed by atoms with Gasteiger partial charge < -0.3 is 10.1 Å². The van der Waals surface area contributed by atoms with E-state index in [2.05, 4.69) is 31.0 Å². The van der Waals surface area contributed by atoms with Gasteiger partial charge in [0.15, 0.2) is 0 Å². The molecule has 0 saturated carbocycles. The van der Waals surface area contributed by atoms with Crippen LogP contribution in [0.3, 0.4) is 0 Å². The Labute approximate surface area is 106 Å². The summed E-state index contributed by atoms with van der Waals surface area (Å²) in [5.74, 6) is -0.892. The lowest BCUT2D eigenvalue weighted by Crippen LogP contribution is -2.21. The predicted molar refractivity (Wildman–Crippen MR) is 70.9 cm³/mol. The quantitative estimate of drug-likeness (QED) is 0.809. The van der Waals surface area contributed by atoms with Crippen molar-refractivity contribution in [1.82, 2.24) is 4.98 Å². The summed E-state index contributed by atoms with van der Waals surface area (Å²) in [7, 11) is 0. The minimum Gasteiger partial charge on any atom is -0.481 e. The molecule has 0 radical (unpaired) electrons. The number of benzene rings is 1. The van der Waals surface area contributed by atoms with E-state index >= 15 is 0 Å². The zero-order valence-corrected chi connectivity index (χ0v) is 10.7. The van der Waals surface area contributed by atoms with Crippen LogP contribution in [0, 0.1) is 19.8 Å². The number of aromatic amines is 1. The summed E-state index contributed by atoms with van der Waals surface area (Å²) in [5, 5.41) is 10.4. The van der Waals surface area contributed by atoms with E-state index in [9.17, 15) is 9.90 Å². The van der Waals surface area contributed by atoms with E-state index in [1.807, 2.05) is 0 Å². The molecule has 0 fully saturated rings. The zero-order chi connectivity index (χ0) is 12.9. The minimum absolute atomic E-state index is 0.225. The van der Waals surface area contributed by atoms with Crippen molar-refractivity contribution >= 4 is 16.9 Å². The topological polar surface area (TPSA) is 53.1 Å². The van der Waals surface area contributed by atoms with Crippen LogP contribution in [0.5, 0.6) is 0 Å². The Bertz CT molecular complexity index is 639. The third-order valence-electron chi connectivity index (χ3n) is 3.97. The molecule has 0 aliphatic heterocycles. The SMILES string of the molecule is Cc1cc(C)c2c3c([nH]c2c1)CCC(C(=O)O)C3. The Morgan fingerprint density at radius 3 is 2.89 bits per heavy atom. The average molecular weight is 243 g/mol. The largest absolute Gasteiger partial charge is 0.481 e. The molecule has 1 heterocycles. The highest BCUT2D eigenvalue weighted by Crippen LogP contribution is 2.34. The molecule has 1 aromatic heterocycles. The van der Waals surface area contributed by atoms with Gasteiger partial charge in [-0.2, -0.15) is 0 Å². The van der Waals surface area contributed by atoms with E-state index in [-0.39, 0.29) is 5.92 Å². The van der Waals surface area contributed by atoms with Crippen LogP contribution < -0.4 is 0 Å². The van der Waals surface area contributed by atoms with E-state index in [0.29, 0.717) is 6.42 Å². The second-order valence-electron chi connectivity index (χ2n) is 5.36. The molecule has 0 saturated heterocycles. The molecule has 3 nitrogen and oxygen atoms in total. The number of aryl methyl sites for hydroxylation is 3. The first-order valence-electron chi connectivity index (χ1n) is 6.39. The molecule has 3 heteroatoms. The van der Waals surface area contributed by atoms with E-state index < -0.39 is 5.97 Å². The molecule has 0 amide bonds. The lowest BCUT2D eigenvalue weighted by molar-refractivity contribution is -0.142. The number of fused-ring (bicyclic) bond motifs is 3. The van der Waals surface area contributed by atoms with Gasteiger partial charge in [-0.25, -0.2) is 0 Å². The predicted octanol–water partition coefficient (Wildman–Crippen LogP) is 2.97. The highest BCUT2D eigenvalue weighted by atomic mass is 16.4. The van der Waals surface area contributed by atoms with Crippen molar-refractivity contribution in [3.63, 3.8) is 0 Å². The lowest BCUT2D eigenvalue weighted by atomic mass is 9.85. The first kappa shape index (κ1) is 11.3. The molecule has 0 bridgehead atoms. The van der Waals surface area contributed by atoms with Crippen LogP contribution in [0.2, 0.25) is 0 Å². The Morgan fingerprint density at radius 2 is 2.17 bits per heavy atom.